The topological polar surface area (TPSA) is 90.9 Å². The molecule has 3 rings (SSSR count). The molecule has 0 aliphatic heterocycles. The van der Waals surface area contributed by atoms with Gasteiger partial charge in [0.15, 0.2) is 5.00 Å². The molecule has 1 heterocycles. The molecular formula is C26H29N5O2S. The molecule has 34 heavy (non-hydrogen) atoms. The Morgan fingerprint density at radius 2 is 1.91 bits per heavy atom. The molecule has 1 atom stereocenters. The standard InChI is InChI=1S/C26H29N5O2S/c1-4-33-25(32)17-19(2)31(16-8-11-21-9-6-5-7-10-21)23-14-12-22(13-15-23)28-29-26-24(18-27)20(3)30-34-26/h5-7,9-10,12-15,19H,4,8,11,16-17H2,1-3H3. The van der Waals surface area contributed by atoms with Crippen molar-refractivity contribution in [2.45, 2.75) is 46.1 Å². The van der Waals surface area contributed by atoms with E-state index in [4.69, 9.17) is 4.74 Å². The van der Waals surface area contributed by atoms with Gasteiger partial charge in [0.1, 0.15) is 11.6 Å². The van der Waals surface area contributed by atoms with Crippen molar-refractivity contribution >= 4 is 33.9 Å². The SMILES string of the molecule is CCOC(=O)CC(C)N(CCCc1ccccc1)c1ccc(N=Nc2snc(C)c2C#N)cc1. The van der Waals surface area contributed by atoms with Gasteiger partial charge in [0, 0.05) is 18.3 Å². The molecule has 0 spiro atoms. The fraction of sp³-hybridized carbons (Fsp3) is 0.346. The van der Waals surface area contributed by atoms with E-state index in [-0.39, 0.29) is 12.0 Å². The molecule has 0 amide bonds. The van der Waals surface area contributed by atoms with E-state index in [0.717, 1.165) is 36.6 Å². The van der Waals surface area contributed by atoms with Gasteiger partial charge in [0.25, 0.3) is 0 Å². The summed E-state index contributed by atoms with van der Waals surface area (Å²) < 4.78 is 9.33. The summed E-state index contributed by atoms with van der Waals surface area (Å²) in [6.45, 7) is 6.84. The maximum Gasteiger partial charge on any atom is 0.307 e. The number of nitriles is 1. The number of aryl methyl sites for hydroxylation is 2. The molecular weight excluding hydrogens is 446 g/mol. The first-order valence-electron chi connectivity index (χ1n) is 11.4. The van der Waals surface area contributed by atoms with Crippen molar-refractivity contribution < 1.29 is 9.53 Å². The van der Waals surface area contributed by atoms with Crippen LogP contribution in [0, 0.1) is 18.3 Å². The number of carbonyl (C=O) groups is 1. The summed E-state index contributed by atoms with van der Waals surface area (Å²) in [5, 5.41) is 18.2. The second kappa shape index (κ2) is 12.6. The second-order valence-corrected chi connectivity index (χ2v) is 8.67. The number of carbonyl (C=O) groups excluding carboxylic acids is 1. The van der Waals surface area contributed by atoms with Gasteiger partial charge >= 0.3 is 5.97 Å². The van der Waals surface area contributed by atoms with Crippen molar-refractivity contribution in [1.29, 1.82) is 5.26 Å². The first-order valence-corrected chi connectivity index (χ1v) is 12.1. The maximum absolute atomic E-state index is 12.1. The molecule has 0 radical (unpaired) electrons. The lowest BCUT2D eigenvalue weighted by Gasteiger charge is -2.31. The van der Waals surface area contributed by atoms with Crippen LogP contribution in [0.3, 0.4) is 0 Å². The number of esters is 1. The van der Waals surface area contributed by atoms with Crippen molar-refractivity contribution in [3.63, 3.8) is 0 Å². The van der Waals surface area contributed by atoms with Gasteiger partial charge in [-0.3, -0.25) is 4.79 Å². The van der Waals surface area contributed by atoms with E-state index in [1.54, 1.807) is 6.92 Å². The Kier molecular flexibility index (Phi) is 9.30. The summed E-state index contributed by atoms with van der Waals surface area (Å²) >= 11 is 1.16. The Morgan fingerprint density at radius 1 is 1.18 bits per heavy atom. The molecule has 0 fully saturated rings. The zero-order chi connectivity index (χ0) is 24.3. The van der Waals surface area contributed by atoms with Crippen LogP contribution in [-0.2, 0) is 16.0 Å². The normalized spacial score (nSPS) is 11.8. The summed E-state index contributed by atoms with van der Waals surface area (Å²) in [5.74, 6) is -0.193. The van der Waals surface area contributed by atoms with Crippen LogP contribution in [0.25, 0.3) is 0 Å². The van der Waals surface area contributed by atoms with Crippen LogP contribution in [0.2, 0.25) is 0 Å². The van der Waals surface area contributed by atoms with Crippen LogP contribution in [0.4, 0.5) is 16.4 Å². The molecule has 0 aliphatic carbocycles. The Balaban J connectivity index is 1.72. The highest BCUT2D eigenvalue weighted by Gasteiger charge is 2.18. The molecule has 2 aromatic carbocycles. The number of aromatic nitrogens is 1. The summed E-state index contributed by atoms with van der Waals surface area (Å²) in [6.07, 6.45) is 2.24. The number of ether oxygens (including phenoxy) is 1. The number of hydrogen-bond acceptors (Lipinski definition) is 8. The first kappa shape index (κ1) is 25.1. The highest BCUT2D eigenvalue weighted by atomic mass is 32.1. The minimum Gasteiger partial charge on any atom is -0.466 e. The number of hydrogen-bond donors (Lipinski definition) is 0. The van der Waals surface area contributed by atoms with Crippen LogP contribution in [0.1, 0.15) is 43.5 Å². The van der Waals surface area contributed by atoms with Crippen molar-refractivity contribution in [2.75, 3.05) is 18.1 Å². The van der Waals surface area contributed by atoms with Crippen molar-refractivity contribution in [3.8, 4) is 6.07 Å². The van der Waals surface area contributed by atoms with Gasteiger partial charge in [-0.2, -0.15) is 9.64 Å². The van der Waals surface area contributed by atoms with Crippen LogP contribution in [-0.4, -0.2) is 29.5 Å². The van der Waals surface area contributed by atoms with E-state index < -0.39 is 0 Å². The number of azo groups is 1. The molecule has 1 aromatic heterocycles. The smallest absolute Gasteiger partial charge is 0.307 e. The van der Waals surface area contributed by atoms with Crippen molar-refractivity contribution in [1.82, 2.24) is 4.37 Å². The maximum atomic E-state index is 12.1. The van der Waals surface area contributed by atoms with Crippen molar-refractivity contribution in [2.24, 2.45) is 10.2 Å². The molecule has 0 saturated heterocycles. The number of rotatable bonds is 11. The Labute approximate surface area is 204 Å². The zero-order valence-corrected chi connectivity index (χ0v) is 20.6. The lowest BCUT2D eigenvalue weighted by molar-refractivity contribution is -0.143. The zero-order valence-electron chi connectivity index (χ0n) is 19.8. The van der Waals surface area contributed by atoms with Gasteiger partial charge in [0.2, 0.25) is 0 Å². The Morgan fingerprint density at radius 3 is 2.59 bits per heavy atom. The lowest BCUT2D eigenvalue weighted by Crippen LogP contribution is -2.36. The third kappa shape index (κ3) is 6.96. The highest BCUT2D eigenvalue weighted by Crippen LogP contribution is 2.29. The summed E-state index contributed by atoms with van der Waals surface area (Å²) in [7, 11) is 0. The number of nitrogens with zero attached hydrogens (tertiary/aromatic N) is 5. The van der Waals surface area contributed by atoms with Crippen LogP contribution in [0.15, 0.2) is 64.8 Å². The Bertz CT molecular complexity index is 1140. The molecule has 8 heteroatoms. The first-order chi connectivity index (χ1) is 16.5. The summed E-state index contributed by atoms with van der Waals surface area (Å²) in [5.41, 5.74) is 4.11. The average Bonchev–Trinajstić information content (AvgIpc) is 3.21. The molecule has 0 saturated carbocycles. The van der Waals surface area contributed by atoms with Crippen LogP contribution in [0.5, 0.6) is 0 Å². The molecule has 0 N–H and O–H groups in total. The van der Waals surface area contributed by atoms with E-state index in [2.05, 4.69) is 49.8 Å². The fourth-order valence-electron chi connectivity index (χ4n) is 3.64. The molecule has 7 nitrogen and oxygen atoms in total. The minimum absolute atomic E-state index is 0.0133. The fourth-order valence-corrected chi connectivity index (χ4v) is 4.32. The van der Waals surface area contributed by atoms with Gasteiger partial charge in [-0.05, 0) is 75.0 Å². The predicted molar refractivity (Wildman–Crippen MR) is 135 cm³/mol. The van der Waals surface area contributed by atoms with Gasteiger partial charge in [-0.15, -0.1) is 10.2 Å². The summed E-state index contributed by atoms with van der Waals surface area (Å²) in [6, 6.07) is 20.3. The largest absolute Gasteiger partial charge is 0.466 e. The quantitative estimate of drug-likeness (QED) is 0.233. The van der Waals surface area contributed by atoms with E-state index in [0.29, 0.717) is 35.0 Å². The third-order valence-corrected chi connectivity index (χ3v) is 6.22. The van der Waals surface area contributed by atoms with E-state index in [1.165, 1.54) is 5.56 Å². The number of anilines is 1. The highest BCUT2D eigenvalue weighted by molar-refractivity contribution is 7.10. The second-order valence-electron chi connectivity index (χ2n) is 7.92. The van der Waals surface area contributed by atoms with E-state index in [1.807, 2.05) is 44.2 Å². The van der Waals surface area contributed by atoms with Crippen LogP contribution >= 0.6 is 11.5 Å². The van der Waals surface area contributed by atoms with E-state index >= 15 is 0 Å². The van der Waals surface area contributed by atoms with Crippen molar-refractivity contribution in [3.05, 3.63) is 71.4 Å². The van der Waals surface area contributed by atoms with Gasteiger partial charge in [0.05, 0.1) is 24.4 Å². The average molecular weight is 476 g/mol. The summed E-state index contributed by atoms with van der Waals surface area (Å²) in [4.78, 5) is 14.3. The minimum atomic E-state index is -0.193. The van der Waals surface area contributed by atoms with Gasteiger partial charge in [-0.1, -0.05) is 30.3 Å². The molecule has 176 valence electrons. The Hall–Kier alpha value is -3.57. The number of benzene rings is 2. The monoisotopic (exact) mass is 475 g/mol. The molecule has 0 aliphatic rings. The molecule has 1 unspecified atom stereocenters. The van der Waals surface area contributed by atoms with Gasteiger partial charge < -0.3 is 9.64 Å². The van der Waals surface area contributed by atoms with Gasteiger partial charge in [-0.25, -0.2) is 0 Å². The lowest BCUT2D eigenvalue weighted by atomic mass is 10.1. The third-order valence-electron chi connectivity index (χ3n) is 5.40. The predicted octanol–water partition coefficient (Wildman–Crippen LogP) is 6.52. The molecule has 0 bridgehead atoms. The van der Waals surface area contributed by atoms with E-state index in [9.17, 15) is 10.1 Å². The van der Waals surface area contributed by atoms with Crippen LogP contribution < -0.4 is 4.90 Å². The molecule has 3 aromatic rings.